The average molecular weight is 415 g/mol. The van der Waals surface area contributed by atoms with Crippen molar-refractivity contribution in [1.29, 1.82) is 0 Å². The van der Waals surface area contributed by atoms with Gasteiger partial charge in [-0.3, -0.25) is 4.79 Å². The molecule has 1 aromatic heterocycles. The van der Waals surface area contributed by atoms with Gasteiger partial charge < -0.3 is 14.6 Å². The van der Waals surface area contributed by atoms with Crippen LogP contribution >= 0.6 is 11.6 Å². The van der Waals surface area contributed by atoms with Crippen LogP contribution in [0.1, 0.15) is 48.5 Å². The summed E-state index contributed by atoms with van der Waals surface area (Å²) < 4.78 is 48.1. The minimum atomic E-state index is -4.47. The molecule has 2 aromatic rings. The summed E-state index contributed by atoms with van der Waals surface area (Å²) in [5.74, 6) is -1.27. The van der Waals surface area contributed by atoms with Crippen LogP contribution in [-0.2, 0) is 4.74 Å². The summed E-state index contributed by atoms with van der Waals surface area (Å²) in [7, 11) is 0. The normalized spacial score (nSPS) is 24.7. The molecule has 2 unspecified atom stereocenters. The molecule has 3 atom stereocenters. The number of aromatic nitrogens is 1. The first-order chi connectivity index (χ1) is 13.4. The van der Waals surface area contributed by atoms with Crippen molar-refractivity contribution in [2.24, 2.45) is 5.92 Å². The number of ether oxygens (including phenoxy) is 1. The maximum atomic E-state index is 13.7. The van der Waals surface area contributed by atoms with Gasteiger partial charge in [0.15, 0.2) is 5.56 Å². The first-order valence-electron chi connectivity index (χ1n) is 9.59. The molecule has 152 valence electrons. The van der Waals surface area contributed by atoms with E-state index in [1.165, 1.54) is 0 Å². The number of hydrogen-bond donors (Lipinski definition) is 1. The zero-order chi connectivity index (χ0) is 19.9. The molecule has 1 aliphatic carbocycles. The zero-order valence-electron chi connectivity index (χ0n) is 15.2. The molecular weight excluding hydrogens is 393 g/mol. The summed E-state index contributed by atoms with van der Waals surface area (Å²) in [5, 5.41) is 2.90. The average Bonchev–Trinajstić information content (AvgIpc) is 3.04. The summed E-state index contributed by atoms with van der Waals surface area (Å²) in [6.07, 6.45) is 0.580. The number of amides is 1. The fraction of sp³-hybridized carbons (Fsp3) is 0.550. The maximum Gasteiger partial charge on any atom is 0.408 e. The second kappa shape index (κ2) is 7.59. The van der Waals surface area contributed by atoms with E-state index in [0.717, 1.165) is 24.8 Å². The van der Waals surface area contributed by atoms with Crippen LogP contribution in [0, 0.1) is 5.92 Å². The van der Waals surface area contributed by atoms with E-state index in [-0.39, 0.29) is 11.6 Å². The molecule has 4 rings (SSSR count). The lowest BCUT2D eigenvalue weighted by atomic mass is 9.83. The van der Waals surface area contributed by atoms with Crippen molar-refractivity contribution in [3.8, 4) is 0 Å². The van der Waals surface area contributed by atoms with Crippen molar-refractivity contribution in [2.75, 3.05) is 6.61 Å². The number of para-hydroxylation sites is 1. The standard InChI is InChI=1S/C20H22ClF3N2O2/c21-18-16(11-28-18)26-10-14(13-8-4-5-9-15(13)26)19(27)25-17(20(22,23)24)12-6-2-1-3-7-12/h4-5,8-10,12,16-18H,1-3,6-7,11H2,(H,25,27)/t16?,17-,18?/m0/s1. The first kappa shape index (κ1) is 19.6. The highest BCUT2D eigenvalue weighted by Gasteiger charge is 2.46. The number of nitrogens with zero attached hydrogens (tertiary/aromatic N) is 1. The molecule has 8 heteroatoms. The van der Waals surface area contributed by atoms with Gasteiger partial charge in [-0.05, 0) is 24.8 Å². The number of hydrogen-bond acceptors (Lipinski definition) is 2. The topological polar surface area (TPSA) is 43.3 Å². The third kappa shape index (κ3) is 3.62. The lowest BCUT2D eigenvalue weighted by Crippen LogP contribution is -2.50. The number of nitrogens with one attached hydrogen (secondary N) is 1. The van der Waals surface area contributed by atoms with E-state index in [0.29, 0.717) is 24.8 Å². The number of rotatable bonds is 4. The number of benzene rings is 1. The molecule has 1 saturated heterocycles. The number of fused-ring (bicyclic) bond motifs is 1. The Balaban J connectivity index is 1.64. The van der Waals surface area contributed by atoms with E-state index in [1.54, 1.807) is 18.3 Å². The molecule has 0 radical (unpaired) electrons. The van der Waals surface area contributed by atoms with Gasteiger partial charge in [0.1, 0.15) is 6.04 Å². The molecule has 4 nitrogen and oxygen atoms in total. The van der Waals surface area contributed by atoms with Gasteiger partial charge in [-0.25, -0.2) is 0 Å². The molecule has 0 bridgehead atoms. The molecule has 1 N–H and O–H groups in total. The number of carbonyl (C=O) groups excluding carboxylic acids is 1. The predicted molar refractivity (Wildman–Crippen MR) is 100 cm³/mol. The molecular formula is C20H22ClF3N2O2. The number of carbonyl (C=O) groups is 1. The fourth-order valence-corrected chi connectivity index (χ4v) is 4.54. The third-order valence-corrected chi connectivity index (χ3v) is 6.25. The highest BCUT2D eigenvalue weighted by molar-refractivity contribution is 6.20. The highest BCUT2D eigenvalue weighted by Crippen LogP contribution is 2.36. The van der Waals surface area contributed by atoms with Gasteiger partial charge >= 0.3 is 6.18 Å². The largest absolute Gasteiger partial charge is 0.408 e. The summed E-state index contributed by atoms with van der Waals surface area (Å²) >= 11 is 6.09. The Labute approximate surface area is 166 Å². The van der Waals surface area contributed by atoms with Gasteiger partial charge in [-0.15, -0.1) is 0 Å². The van der Waals surface area contributed by atoms with E-state index >= 15 is 0 Å². The van der Waals surface area contributed by atoms with Crippen LogP contribution in [0.4, 0.5) is 13.2 Å². The molecule has 1 saturated carbocycles. The second-order valence-electron chi connectivity index (χ2n) is 7.61. The predicted octanol–water partition coefficient (Wildman–Crippen LogP) is 5.02. The number of alkyl halides is 4. The SMILES string of the molecule is O=C(N[C@@H](C1CCCCC1)C(F)(F)F)c1cn(C2COC2Cl)c2ccccc12. The van der Waals surface area contributed by atoms with Crippen molar-refractivity contribution >= 4 is 28.4 Å². The summed E-state index contributed by atoms with van der Waals surface area (Å²) in [5.41, 5.74) is 0.473. The lowest BCUT2D eigenvalue weighted by molar-refractivity contribution is -0.167. The third-order valence-electron chi connectivity index (χ3n) is 5.83. The summed E-state index contributed by atoms with van der Waals surface area (Å²) in [6.45, 7) is 0.404. The first-order valence-corrected chi connectivity index (χ1v) is 10.0. The van der Waals surface area contributed by atoms with Crippen LogP contribution < -0.4 is 5.32 Å². The van der Waals surface area contributed by atoms with Crippen LogP contribution in [0.5, 0.6) is 0 Å². The zero-order valence-corrected chi connectivity index (χ0v) is 16.0. The molecule has 28 heavy (non-hydrogen) atoms. The fourth-order valence-electron chi connectivity index (χ4n) is 4.28. The highest BCUT2D eigenvalue weighted by atomic mass is 35.5. The van der Waals surface area contributed by atoms with Crippen LogP contribution in [0.15, 0.2) is 30.5 Å². The van der Waals surface area contributed by atoms with E-state index in [1.807, 2.05) is 16.7 Å². The van der Waals surface area contributed by atoms with Gasteiger partial charge in [0.25, 0.3) is 5.91 Å². The van der Waals surface area contributed by atoms with Crippen LogP contribution in [-0.4, -0.2) is 34.9 Å². The van der Waals surface area contributed by atoms with Gasteiger partial charge in [0, 0.05) is 17.1 Å². The Morgan fingerprint density at radius 1 is 1.21 bits per heavy atom. The maximum absolute atomic E-state index is 13.7. The monoisotopic (exact) mass is 414 g/mol. The van der Waals surface area contributed by atoms with E-state index in [2.05, 4.69) is 5.32 Å². The van der Waals surface area contributed by atoms with Gasteiger partial charge in [-0.2, -0.15) is 13.2 Å². The Morgan fingerprint density at radius 2 is 1.93 bits per heavy atom. The molecule has 1 amide bonds. The number of halogens is 4. The summed E-state index contributed by atoms with van der Waals surface area (Å²) in [4.78, 5) is 12.9. The molecule has 2 aliphatic rings. The van der Waals surface area contributed by atoms with Crippen LogP contribution in [0.2, 0.25) is 0 Å². The Kier molecular flexibility index (Phi) is 5.31. The van der Waals surface area contributed by atoms with Crippen molar-refractivity contribution in [3.63, 3.8) is 0 Å². The quantitative estimate of drug-likeness (QED) is 0.714. The Hall–Kier alpha value is -1.73. The van der Waals surface area contributed by atoms with Crippen molar-refractivity contribution < 1.29 is 22.7 Å². The van der Waals surface area contributed by atoms with Crippen LogP contribution in [0.25, 0.3) is 10.9 Å². The van der Waals surface area contributed by atoms with Crippen LogP contribution in [0.3, 0.4) is 0 Å². The molecule has 2 heterocycles. The molecule has 2 fully saturated rings. The lowest BCUT2D eigenvalue weighted by Gasteiger charge is -2.33. The Morgan fingerprint density at radius 3 is 2.54 bits per heavy atom. The summed E-state index contributed by atoms with van der Waals surface area (Å²) in [6, 6.07) is 5.19. The van der Waals surface area contributed by atoms with Gasteiger partial charge in [0.2, 0.25) is 0 Å². The molecule has 1 aromatic carbocycles. The minimum absolute atomic E-state index is 0.148. The second-order valence-corrected chi connectivity index (χ2v) is 8.04. The Bertz CT molecular complexity index is 861. The van der Waals surface area contributed by atoms with E-state index in [9.17, 15) is 18.0 Å². The molecule has 0 spiro atoms. The smallest absolute Gasteiger partial charge is 0.358 e. The molecule has 1 aliphatic heterocycles. The van der Waals surface area contributed by atoms with Gasteiger partial charge in [0.05, 0.1) is 18.2 Å². The van der Waals surface area contributed by atoms with Crippen molar-refractivity contribution in [2.45, 2.75) is 55.9 Å². The van der Waals surface area contributed by atoms with E-state index in [4.69, 9.17) is 16.3 Å². The van der Waals surface area contributed by atoms with Crippen molar-refractivity contribution in [1.82, 2.24) is 9.88 Å². The van der Waals surface area contributed by atoms with Gasteiger partial charge in [-0.1, -0.05) is 49.1 Å². The van der Waals surface area contributed by atoms with Crippen molar-refractivity contribution in [3.05, 3.63) is 36.0 Å². The minimum Gasteiger partial charge on any atom is -0.358 e. The van der Waals surface area contributed by atoms with E-state index < -0.39 is 29.6 Å².